The second-order valence-electron chi connectivity index (χ2n) is 3.80. The number of nitrogens with one attached hydrogen (secondary N) is 1. The van der Waals surface area contributed by atoms with Gasteiger partial charge in [-0.15, -0.1) is 0 Å². The van der Waals surface area contributed by atoms with Crippen LogP contribution in [0.25, 0.3) is 0 Å². The molecule has 1 aromatic rings. The van der Waals surface area contributed by atoms with E-state index in [1.165, 1.54) is 19.2 Å². The van der Waals surface area contributed by atoms with Gasteiger partial charge < -0.3 is 5.32 Å². The second kappa shape index (κ2) is 4.60. The maximum absolute atomic E-state index is 12.9. The molecule has 1 N–H and O–H groups in total. The fraction of sp³-hybridized carbons (Fsp3) is 0.455. The Balaban J connectivity index is 3.40. The first-order chi connectivity index (χ1) is 7.73. The summed E-state index contributed by atoms with van der Waals surface area (Å²) in [4.78, 5) is 0. The Morgan fingerprint density at radius 2 is 1.53 bits per heavy atom. The lowest BCUT2D eigenvalue weighted by atomic mass is 9.88. The number of rotatable bonds is 3. The molecule has 17 heavy (non-hydrogen) atoms. The molecule has 0 radical (unpaired) electrons. The fourth-order valence-electron chi connectivity index (χ4n) is 1.54. The molecule has 96 valence electrons. The van der Waals surface area contributed by atoms with E-state index in [4.69, 9.17) is 0 Å². The molecule has 0 saturated carbocycles. The molecular weight excluding hydrogens is 241 g/mol. The topological polar surface area (TPSA) is 12.0 Å². The summed E-state index contributed by atoms with van der Waals surface area (Å²) in [5.41, 5.74) is -3.52. The van der Waals surface area contributed by atoms with Crippen LogP contribution in [0.1, 0.15) is 18.1 Å². The lowest BCUT2D eigenvalue weighted by molar-refractivity contribution is -0.139. The zero-order valence-corrected chi connectivity index (χ0v) is 9.28. The molecule has 1 rings (SSSR count). The minimum atomic E-state index is -4.65. The molecule has 1 unspecified atom stereocenters. The molecule has 1 aromatic carbocycles. The summed E-state index contributed by atoms with van der Waals surface area (Å²) in [6, 6.07) is 4.34. The van der Waals surface area contributed by atoms with E-state index in [0.717, 1.165) is 19.1 Å². The van der Waals surface area contributed by atoms with Gasteiger partial charge in [0.2, 0.25) is 0 Å². The van der Waals surface area contributed by atoms with Crippen LogP contribution in [0.3, 0.4) is 0 Å². The molecule has 0 aliphatic carbocycles. The van der Waals surface area contributed by atoms with Crippen molar-refractivity contribution in [1.29, 1.82) is 0 Å². The van der Waals surface area contributed by atoms with Crippen molar-refractivity contribution in [1.82, 2.24) is 5.32 Å². The summed E-state index contributed by atoms with van der Waals surface area (Å²) in [5.74, 6) is 0. The van der Waals surface area contributed by atoms with E-state index in [9.17, 15) is 22.0 Å². The van der Waals surface area contributed by atoms with Crippen LogP contribution < -0.4 is 5.32 Å². The first kappa shape index (κ1) is 13.9. The third kappa shape index (κ3) is 2.57. The number of alkyl halides is 5. The summed E-state index contributed by atoms with van der Waals surface area (Å²) in [6.07, 6.45) is -7.60. The highest BCUT2D eigenvalue weighted by atomic mass is 19.4. The molecule has 0 fully saturated rings. The van der Waals surface area contributed by atoms with Crippen LogP contribution in [0.15, 0.2) is 24.3 Å². The molecule has 1 nitrogen and oxygen atoms in total. The van der Waals surface area contributed by atoms with Gasteiger partial charge in [0.05, 0.1) is 5.56 Å². The summed E-state index contributed by atoms with van der Waals surface area (Å²) in [7, 11) is 1.21. The second-order valence-corrected chi connectivity index (χ2v) is 3.80. The van der Waals surface area contributed by atoms with Crippen molar-refractivity contribution in [3.05, 3.63) is 35.4 Å². The number of hydrogen-bond donors (Lipinski definition) is 1. The van der Waals surface area contributed by atoms with Crippen molar-refractivity contribution in [2.75, 3.05) is 7.05 Å². The highest BCUT2D eigenvalue weighted by Crippen LogP contribution is 2.38. The maximum atomic E-state index is 12.9. The van der Waals surface area contributed by atoms with E-state index in [1.807, 2.05) is 0 Å². The Bertz CT molecular complexity index is 388. The van der Waals surface area contributed by atoms with Crippen LogP contribution in [0.5, 0.6) is 0 Å². The van der Waals surface area contributed by atoms with E-state index in [0.29, 0.717) is 0 Å². The van der Waals surface area contributed by atoms with Crippen LogP contribution in [0.2, 0.25) is 0 Å². The zero-order chi connectivity index (χ0) is 13.3. The van der Waals surface area contributed by atoms with Gasteiger partial charge in [0.15, 0.2) is 0 Å². The third-order valence-corrected chi connectivity index (χ3v) is 2.75. The Kier molecular flexibility index (Phi) is 3.76. The van der Waals surface area contributed by atoms with Crippen LogP contribution in [0.4, 0.5) is 22.0 Å². The minimum absolute atomic E-state index is 0.454. The third-order valence-electron chi connectivity index (χ3n) is 2.75. The van der Waals surface area contributed by atoms with Gasteiger partial charge in [0.1, 0.15) is 5.54 Å². The monoisotopic (exact) mass is 253 g/mol. The van der Waals surface area contributed by atoms with Crippen LogP contribution in [-0.2, 0) is 11.7 Å². The lowest BCUT2D eigenvalue weighted by Gasteiger charge is -2.31. The van der Waals surface area contributed by atoms with Crippen molar-refractivity contribution >= 4 is 0 Å². The Morgan fingerprint density at radius 1 is 1.06 bits per heavy atom. The zero-order valence-electron chi connectivity index (χ0n) is 9.28. The van der Waals surface area contributed by atoms with E-state index in [-0.39, 0.29) is 0 Å². The molecular formula is C11H12F5N. The molecule has 0 aliphatic heterocycles. The Morgan fingerprint density at radius 3 is 1.88 bits per heavy atom. The van der Waals surface area contributed by atoms with Crippen molar-refractivity contribution in [2.24, 2.45) is 0 Å². The van der Waals surface area contributed by atoms with Gasteiger partial charge in [-0.25, -0.2) is 8.78 Å². The standard InChI is InChI=1S/C11H12F5N/c1-10(17-2,9(12)13)7-5-3-4-6-8(7)11(14,15)16/h3-6,9,17H,1-2H3. The van der Waals surface area contributed by atoms with Crippen molar-refractivity contribution in [2.45, 2.75) is 25.1 Å². The molecule has 1 atom stereocenters. The van der Waals surface area contributed by atoms with Gasteiger partial charge >= 0.3 is 6.18 Å². The van der Waals surface area contributed by atoms with E-state index >= 15 is 0 Å². The molecule has 0 saturated heterocycles. The predicted octanol–water partition coefficient (Wildman–Crippen LogP) is 3.41. The fourth-order valence-corrected chi connectivity index (χ4v) is 1.54. The summed E-state index contributed by atoms with van der Waals surface area (Å²) < 4.78 is 63.9. The molecule has 0 amide bonds. The number of halogens is 5. The number of hydrogen-bond acceptors (Lipinski definition) is 1. The highest BCUT2D eigenvalue weighted by Gasteiger charge is 2.43. The van der Waals surface area contributed by atoms with Crippen molar-refractivity contribution in [3.63, 3.8) is 0 Å². The summed E-state index contributed by atoms with van der Waals surface area (Å²) >= 11 is 0. The molecule has 0 aliphatic rings. The van der Waals surface area contributed by atoms with Crippen LogP contribution >= 0.6 is 0 Å². The van der Waals surface area contributed by atoms with E-state index < -0.39 is 29.3 Å². The minimum Gasteiger partial charge on any atom is -0.306 e. The first-order valence-electron chi connectivity index (χ1n) is 4.87. The summed E-state index contributed by atoms with van der Waals surface area (Å²) in [5, 5.41) is 2.26. The van der Waals surface area contributed by atoms with Crippen molar-refractivity contribution in [3.8, 4) is 0 Å². The molecule has 0 spiro atoms. The van der Waals surface area contributed by atoms with Gasteiger partial charge in [0.25, 0.3) is 6.43 Å². The first-order valence-corrected chi connectivity index (χ1v) is 4.87. The van der Waals surface area contributed by atoms with E-state index in [2.05, 4.69) is 5.32 Å². The Hall–Kier alpha value is -1.17. The number of benzene rings is 1. The summed E-state index contributed by atoms with van der Waals surface area (Å²) in [6.45, 7) is 1.04. The maximum Gasteiger partial charge on any atom is 0.416 e. The normalized spacial score (nSPS) is 16.0. The molecule has 0 heterocycles. The molecule has 6 heteroatoms. The van der Waals surface area contributed by atoms with Crippen LogP contribution in [0, 0.1) is 0 Å². The van der Waals surface area contributed by atoms with Gasteiger partial charge in [-0.1, -0.05) is 18.2 Å². The van der Waals surface area contributed by atoms with Gasteiger partial charge in [-0.2, -0.15) is 13.2 Å². The lowest BCUT2D eigenvalue weighted by Crippen LogP contribution is -2.45. The molecule has 0 bridgehead atoms. The highest BCUT2D eigenvalue weighted by molar-refractivity contribution is 5.36. The largest absolute Gasteiger partial charge is 0.416 e. The average Bonchev–Trinajstić information content (AvgIpc) is 2.26. The Labute approximate surface area is 95.6 Å². The smallest absolute Gasteiger partial charge is 0.306 e. The van der Waals surface area contributed by atoms with E-state index in [1.54, 1.807) is 0 Å². The molecule has 0 aromatic heterocycles. The van der Waals surface area contributed by atoms with Crippen molar-refractivity contribution < 1.29 is 22.0 Å². The van der Waals surface area contributed by atoms with Gasteiger partial charge in [0, 0.05) is 0 Å². The van der Waals surface area contributed by atoms with Gasteiger partial charge in [-0.05, 0) is 25.6 Å². The quantitative estimate of drug-likeness (QED) is 0.814. The average molecular weight is 253 g/mol. The van der Waals surface area contributed by atoms with Crippen LogP contribution in [-0.4, -0.2) is 13.5 Å². The SMILES string of the molecule is CNC(C)(c1ccccc1C(F)(F)F)C(F)F. The predicted molar refractivity (Wildman–Crippen MR) is 53.9 cm³/mol. The van der Waals surface area contributed by atoms with Gasteiger partial charge in [-0.3, -0.25) is 0 Å².